The number of anilines is 1. The van der Waals surface area contributed by atoms with Gasteiger partial charge in [-0.1, -0.05) is 61.9 Å². The molecule has 0 aromatic heterocycles. The third-order valence-corrected chi connectivity index (χ3v) is 8.99. The van der Waals surface area contributed by atoms with Gasteiger partial charge in [-0.2, -0.15) is 0 Å². The van der Waals surface area contributed by atoms with Crippen LogP contribution in [-0.4, -0.2) is 51.4 Å². The number of para-hydroxylation sites is 1. The van der Waals surface area contributed by atoms with E-state index < -0.39 is 28.5 Å². The van der Waals surface area contributed by atoms with Gasteiger partial charge >= 0.3 is 0 Å². The van der Waals surface area contributed by atoms with Crippen LogP contribution in [0.2, 0.25) is 0 Å². The molecule has 0 aliphatic heterocycles. The van der Waals surface area contributed by atoms with Crippen molar-refractivity contribution in [2.45, 2.75) is 44.2 Å². The predicted octanol–water partition coefficient (Wildman–Crippen LogP) is 6.02. The van der Waals surface area contributed by atoms with Crippen molar-refractivity contribution >= 4 is 27.5 Å². The Labute approximate surface area is 265 Å². The normalized spacial score (nSPS) is 11.7. The lowest BCUT2D eigenvalue weighted by Gasteiger charge is -2.32. The number of rotatable bonds is 15. The van der Waals surface area contributed by atoms with Gasteiger partial charge < -0.3 is 19.7 Å². The average Bonchev–Trinajstić information content (AvgIpc) is 3.07. The number of carbonyl (C=O) groups is 2. The molecule has 1 atom stereocenters. The Morgan fingerprint density at radius 2 is 1.44 bits per heavy atom. The van der Waals surface area contributed by atoms with Gasteiger partial charge in [0.25, 0.3) is 10.0 Å². The standard InChI is InChI=1S/C35H39N3O6S/c1-4-5-23-36-35(40)27(2)37(25-28-13-12-16-32(24-28)43-3)34(39)26-38(45(41,42)33-17-10-7-11-18-33)29-19-21-31(22-20-29)44-30-14-8-6-9-15-30/h6-22,24,27H,4-5,23,25-26H2,1-3H3,(H,36,40)/t27-/m1/s1. The van der Waals surface area contributed by atoms with Gasteiger partial charge in [0.2, 0.25) is 11.8 Å². The van der Waals surface area contributed by atoms with Crippen LogP contribution in [0.15, 0.2) is 114 Å². The Morgan fingerprint density at radius 1 is 0.822 bits per heavy atom. The second kappa shape index (κ2) is 15.8. The summed E-state index contributed by atoms with van der Waals surface area (Å²) in [4.78, 5) is 28.7. The van der Waals surface area contributed by atoms with E-state index in [2.05, 4.69) is 5.32 Å². The summed E-state index contributed by atoms with van der Waals surface area (Å²) in [5, 5.41) is 2.89. The largest absolute Gasteiger partial charge is 0.497 e. The molecular formula is C35H39N3O6S. The van der Waals surface area contributed by atoms with Gasteiger partial charge in [0, 0.05) is 13.1 Å². The zero-order chi connectivity index (χ0) is 32.2. The van der Waals surface area contributed by atoms with E-state index in [1.807, 2.05) is 43.3 Å². The molecule has 1 N–H and O–H groups in total. The number of ether oxygens (including phenoxy) is 2. The molecule has 236 valence electrons. The van der Waals surface area contributed by atoms with Crippen molar-refractivity contribution in [2.24, 2.45) is 0 Å². The molecule has 0 bridgehead atoms. The van der Waals surface area contributed by atoms with Crippen molar-refractivity contribution in [2.75, 3.05) is 24.5 Å². The minimum atomic E-state index is -4.18. The highest BCUT2D eigenvalue weighted by molar-refractivity contribution is 7.92. The number of hydrogen-bond acceptors (Lipinski definition) is 6. The van der Waals surface area contributed by atoms with E-state index in [-0.39, 0.29) is 23.0 Å². The minimum absolute atomic E-state index is 0.0344. The lowest BCUT2D eigenvalue weighted by atomic mass is 10.1. The summed E-state index contributed by atoms with van der Waals surface area (Å²) in [7, 11) is -2.63. The van der Waals surface area contributed by atoms with Crippen LogP contribution < -0.4 is 19.1 Å². The Morgan fingerprint density at radius 3 is 2.09 bits per heavy atom. The van der Waals surface area contributed by atoms with Crippen molar-refractivity contribution in [1.82, 2.24) is 10.2 Å². The number of unbranched alkanes of at least 4 members (excludes halogenated alkanes) is 1. The summed E-state index contributed by atoms with van der Waals surface area (Å²) in [6, 6.07) is 30.0. The Balaban J connectivity index is 1.68. The molecule has 0 radical (unpaired) electrons. The van der Waals surface area contributed by atoms with Gasteiger partial charge in [-0.25, -0.2) is 8.42 Å². The fraction of sp³-hybridized carbons (Fsp3) is 0.257. The van der Waals surface area contributed by atoms with E-state index in [0.717, 1.165) is 22.7 Å². The molecule has 0 fully saturated rings. The highest BCUT2D eigenvalue weighted by atomic mass is 32.2. The number of sulfonamides is 1. The Hall–Kier alpha value is -4.83. The first-order chi connectivity index (χ1) is 21.7. The molecule has 4 rings (SSSR count). The number of amides is 2. The fourth-order valence-electron chi connectivity index (χ4n) is 4.64. The quantitative estimate of drug-likeness (QED) is 0.161. The van der Waals surface area contributed by atoms with E-state index in [1.165, 1.54) is 17.0 Å². The number of nitrogens with one attached hydrogen (secondary N) is 1. The zero-order valence-electron chi connectivity index (χ0n) is 25.8. The highest BCUT2D eigenvalue weighted by Gasteiger charge is 2.32. The highest BCUT2D eigenvalue weighted by Crippen LogP contribution is 2.28. The van der Waals surface area contributed by atoms with Gasteiger partial charge in [0.05, 0.1) is 17.7 Å². The van der Waals surface area contributed by atoms with Crippen LogP contribution in [-0.2, 0) is 26.2 Å². The van der Waals surface area contributed by atoms with E-state index >= 15 is 0 Å². The lowest BCUT2D eigenvalue weighted by molar-refractivity contribution is -0.139. The van der Waals surface area contributed by atoms with E-state index in [4.69, 9.17) is 9.47 Å². The van der Waals surface area contributed by atoms with Crippen LogP contribution in [0.3, 0.4) is 0 Å². The second-order valence-corrected chi connectivity index (χ2v) is 12.3. The molecule has 0 saturated carbocycles. The second-order valence-electron chi connectivity index (χ2n) is 10.4. The molecule has 0 aliphatic carbocycles. The first-order valence-corrected chi connectivity index (χ1v) is 16.3. The van der Waals surface area contributed by atoms with Crippen LogP contribution in [0.25, 0.3) is 0 Å². The summed E-state index contributed by atoms with van der Waals surface area (Å²) in [5.41, 5.74) is 1.00. The fourth-order valence-corrected chi connectivity index (χ4v) is 6.07. The molecule has 4 aromatic carbocycles. The monoisotopic (exact) mass is 629 g/mol. The van der Waals surface area contributed by atoms with Gasteiger partial charge in [-0.15, -0.1) is 0 Å². The summed E-state index contributed by atoms with van der Waals surface area (Å²) in [6.07, 6.45) is 1.71. The van der Waals surface area contributed by atoms with Gasteiger partial charge in [0.1, 0.15) is 29.8 Å². The SMILES string of the molecule is CCCCNC(=O)[C@@H](C)N(Cc1cccc(OC)c1)C(=O)CN(c1ccc(Oc2ccccc2)cc1)S(=O)(=O)c1ccccc1. The third kappa shape index (κ3) is 8.86. The van der Waals surface area contributed by atoms with Crippen LogP contribution in [0.5, 0.6) is 17.2 Å². The smallest absolute Gasteiger partial charge is 0.264 e. The molecule has 10 heteroatoms. The van der Waals surface area contributed by atoms with Gasteiger partial charge in [-0.05, 0) is 79.6 Å². The molecule has 4 aromatic rings. The number of nitrogens with zero attached hydrogens (tertiary/aromatic N) is 2. The molecule has 0 aliphatic rings. The first-order valence-electron chi connectivity index (χ1n) is 14.8. The third-order valence-electron chi connectivity index (χ3n) is 7.20. The molecule has 0 saturated heterocycles. The van der Waals surface area contributed by atoms with Crippen molar-refractivity contribution in [3.05, 3.63) is 115 Å². The molecule has 0 spiro atoms. The maximum Gasteiger partial charge on any atom is 0.264 e. The summed E-state index contributed by atoms with van der Waals surface area (Å²) >= 11 is 0. The van der Waals surface area contributed by atoms with Crippen LogP contribution >= 0.6 is 0 Å². The topological polar surface area (TPSA) is 105 Å². The molecule has 2 amide bonds. The summed E-state index contributed by atoms with van der Waals surface area (Å²) < 4.78 is 40.3. The lowest BCUT2D eigenvalue weighted by Crippen LogP contribution is -2.51. The van der Waals surface area contributed by atoms with Crippen LogP contribution in [0.1, 0.15) is 32.3 Å². The van der Waals surface area contributed by atoms with Crippen molar-refractivity contribution in [3.8, 4) is 17.2 Å². The molecule has 0 heterocycles. The van der Waals surface area contributed by atoms with Crippen LogP contribution in [0.4, 0.5) is 5.69 Å². The van der Waals surface area contributed by atoms with Crippen LogP contribution in [0, 0.1) is 0 Å². The number of methoxy groups -OCH3 is 1. The first kappa shape index (κ1) is 33.1. The Kier molecular flexibility index (Phi) is 11.6. The molecule has 0 unspecified atom stereocenters. The van der Waals surface area contributed by atoms with E-state index in [1.54, 1.807) is 74.7 Å². The predicted molar refractivity (Wildman–Crippen MR) is 175 cm³/mol. The molecular weight excluding hydrogens is 590 g/mol. The number of benzene rings is 4. The Bertz CT molecular complexity index is 1650. The van der Waals surface area contributed by atoms with Crippen molar-refractivity contribution < 1.29 is 27.5 Å². The summed E-state index contributed by atoms with van der Waals surface area (Å²) in [6.45, 7) is 3.68. The van der Waals surface area contributed by atoms with Crippen molar-refractivity contribution in [1.29, 1.82) is 0 Å². The molecule has 9 nitrogen and oxygen atoms in total. The summed E-state index contributed by atoms with van der Waals surface area (Å²) in [5.74, 6) is 0.879. The van der Waals surface area contributed by atoms with Gasteiger partial charge in [-0.3, -0.25) is 13.9 Å². The average molecular weight is 630 g/mol. The maximum absolute atomic E-state index is 14.1. The minimum Gasteiger partial charge on any atom is -0.497 e. The zero-order valence-corrected chi connectivity index (χ0v) is 26.6. The van der Waals surface area contributed by atoms with E-state index in [0.29, 0.717) is 23.8 Å². The number of hydrogen-bond donors (Lipinski definition) is 1. The molecule has 45 heavy (non-hydrogen) atoms. The van der Waals surface area contributed by atoms with Crippen molar-refractivity contribution in [3.63, 3.8) is 0 Å². The van der Waals surface area contributed by atoms with E-state index in [9.17, 15) is 18.0 Å². The maximum atomic E-state index is 14.1. The number of carbonyl (C=O) groups excluding carboxylic acids is 2. The van der Waals surface area contributed by atoms with Gasteiger partial charge in [0.15, 0.2) is 0 Å².